The van der Waals surface area contributed by atoms with Gasteiger partial charge in [-0.05, 0) is 47.0 Å². The summed E-state index contributed by atoms with van der Waals surface area (Å²) in [6.45, 7) is 8.51. The second-order valence-corrected chi connectivity index (χ2v) is 6.52. The van der Waals surface area contributed by atoms with E-state index in [0.717, 1.165) is 36.6 Å². The van der Waals surface area contributed by atoms with Gasteiger partial charge < -0.3 is 10.6 Å². The topological polar surface area (TPSA) is 24.1 Å². The van der Waals surface area contributed by atoms with Crippen LogP contribution in [-0.2, 0) is 6.54 Å². The van der Waals surface area contributed by atoms with E-state index < -0.39 is 0 Å². The third-order valence-electron chi connectivity index (χ3n) is 3.23. The van der Waals surface area contributed by atoms with E-state index in [1.54, 1.807) is 0 Å². The Bertz CT molecular complexity index is 552. The lowest BCUT2D eigenvalue weighted by Crippen LogP contribution is -2.29. The Morgan fingerprint density at radius 1 is 0.950 bits per heavy atom. The summed E-state index contributed by atoms with van der Waals surface area (Å²) >= 11 is 3.51. The van der Waals surface area contributed by atoms with Crippen LogP contribution in [0.1, 0.15) is 19.4 Å². The molecule has 108 valence electrons. The van der Waals surface area contributed by atoms with Gasteiger partial charge in [-0.15, -0.1) is 0 Å². The van der Waals surface area contributed by atoms with Gasteiger partial charge in [-0.3, -0.25) is 0 Å². The van der Waals surface area contributed by atoms with Crippen molar-refractivity contribution in [2.24, 2.45) is 5.92 Å². The largest absolute Gasteiger partial charge is 0.315 e. The second-order valence-electron chi connectivity index (χ2n) is 5.60. The van der Waals surface area contributed by atoms with Crippen molar-refractivity contribution in [3.8, 4) is 0 Å². The molecule has 2 nitrogen and oxygen atoms in total. The maximum atomic E-state index is 3.51. The molecule has 0 aliphatic rings. The molecule has 2 N–H and O–H groups in total. The molecule has 0 heterocycles. The van der Waals surface area contributed by atoms with Gasteiger partial charge in [-0.2, -0.15) is 0 Å². The molecule has 0 amide bonds. The fourth-order valence-electron chi connectivity index (χ4n) is 2.18. The van der Waals surface area contributed by atoms with E-state index in [2.05, 4.69) is 76.8 Å². The summed E-state index contributed by atoms with van der Waals surface area (Å²) in [7, 11) is 0. The molecular weight excluding hydrogens is 312 g/mol. The standard InChI is InChI=1S/C17H23BrN2/c1-13(2)11-19-7-8-20-12-14-3-4-16-10-17(18)6-5-15(16)9-14/h3-6,9-10,13,19-20H,7-8,11-12H2,1-2H3. The summed E-state index contributed by atoms with van der Waals surface area (Å²) in [5.41, 5.74) is 1.34. The number of hydrogen-bond donors (Lipinski definition) is 2. The number of benzene rings is 2. The van der Waals surface area contributed by atoms with Gasteiger partial charge in [0, 0.05) is 24.1 Å². The minimum atomic E-state index is 0.717. The number of nitrogens with one attached hydrogen (secondary N) is 2. The summed E-state index contributed by atoms with van der Waals surface area (Å²) in [5.74, 6) is 0.717. The Balaban J connectivity index is 1.80. The Morgan fingerprint density at radius 3 is 2.45 bits per heavy atom. The lowest BCUT2D eigenvalue weighted by atomic mass is 10.1. The van der Waals surface area contributed by atoms with Crippen molar-refractivity contribution in [1.82, 2.24) is 10.6 Å². The molecule has 0 spiro atoms. The van der Waals surface area contributed by atoms with Crippen molar-refractivity contribution in [2.75, 3.05) is 19.6 Å². The van der Waals surface area contributed by atoms with E-state index >= 15 is 0 Å². The van der Waals surface area contributed by atoms with Gasteiger partial charge in [0.2, 0.25) is 0 Å². The van der Waals surface area contributed by atoms with E-state index in [-0.39, 0.29) is 0 Å². The van der Waals surface area contributed by atoms with Gasteiger partial charge >= 0.3 is 0 Å². The average Bonchev–Trinajstić information content (AvgIpc) is 2.42. The van der Waals surface area contributed by atoms with Gasteiger partial charge in [0.15, 0.2) is 0 Å². The molecule has 0 radical (unpaired) electrons. The monoisotopic (exact) mass is 334 g/mol. The van der Waals surface area contributed by atoms with Crippen molar-refractivity contribution in [1.29, 1.82) is 0 Å². The molecule has 0 saturated carbocycles. The molecule has 0 aliphatic heterocycles. The first-order chi connectivity index (χ1) is 9.65. The van der Waals surface area contributed by atoms with E-state index in [9.17, 15) is 0 Å². The van der Waals surface area contributed by atoms with Crippen molar-refractivity contribution in [3.05, 3.63) is 46.4 Å². The van der Waals surface area contributed by atoms with Crippen LogP contribution in [0.15, 0.2) is 40.9 Å². The molecule has 0 aliphatic carbocycles. The van der Waals surface area contributed by atoms with Crippen LogP contribution in [-0.4, -0.2) is 19.6 Å². The highest BCUT2D eigenvalue weighted by Gasteiger charge is 1.98. The average molecular weight is 335 g/mol. The van der Waals surface area contributed by atoms with Crippen molar-refractivity contribution >= 4 is 26.7 Å². The predicted molar refractivity (Wildman–Crippen MR) is 91.1 cm³/mol. The maximum Gasteiger partial charge on any atom is 0.0206 e. The fraction of sp³-hybridized carbons (Fsp3) is 0.412. The second kappa shape index (κ2) is 7.77. The zero-order chi connectivity index (χ0) is 14.4. The van der Waals surface area contributed by atoms with E-state index in [0.29, 0.717) is 0 Å². The van der Waals surface area contributed by atoms with Gasteiger partial charge in [0.25, 0.3) is 0 Å². The molecule has 0 unspecified atom stereocenters. The molecule has 2 aromatic carbocycles. The van der Waals surface area contributed by atoms with Crippen LogP contribution in [0.5, 0.6) is 0 Å². The Morgan fingerprint density at radius 2 is 1.65 bits per heavy atom. The van der Waals surface area contributed by atoms with Gasteiger partial charge in [0.1, 0.15) is 0 Å². The Hall–Kier alpha value is -0.900. The number of halogens is 1. The lowest BCUT2D eigenvalue weighted by Gasteiger charge is -2.09. The minimum Gasteiger partial charge on any atom is -0.315 e. The zero-order valence-corrected chi connectivity index (χ0v) is 13.8. The van der Waals surface area contributed by atoms with Crippen molar-refractivity contribution in [2.45, 2.75) is 20.4 Å². The highest BCUT2D eigenvalue weighted by Crippen LogP contribution is 2.20. The first kappa shape index (κ1) is 15.5. The summed E-state index contributed by atoms with van der Waals surface area (Å²) in [5, 5.41) is 9.50. The van der Waals surface area contributed by atoms with Gasteiger partial charge in [-0.25, -0.2) is 0 Å². The molecule has 0 aromatic heterocycles. The van der Waals surface area contributed by atoms with Gasteiger partial charge in [-0.1, -0.05) is 48.0 Å². The number of fused-ring (bicyclic) bond motifs is 1. The SMILES string of the molecule is CC(C)CNCCNCc1ccc2cc(Br)ccc2c1. The van der Waals surface area contributed by atoms with Crippen molar-refractivity contribution < 1.29 is 0 Å². The highest BCUT2D eigenvalue weighted by atomic mass is 79.9. The smallest absolute Gasteiger partial charge is 0.0206 e. The first-order valence-corrected chi connectivity index (χ1v) is 8.04. The van der Waals surface area contributed by atoms with E-state index in [4.69, 9.17) is 0 Å². The van der Waals surface area contributed by atoms with Crippen LogP contribution in [0.3, 0.4) is 0 Å². The molecule has 0 fully saturated rings. The van der Waals surface area contributed by atoms with Crippen LogP contribution in [0.25, 0.3) is 10.8 Å². The molecule has 2 rings (SSSR count). The highest BCUT2D eigenvalue weighted by molar-refractivity contribution is 9.10. The number of hydrogen-bond acceptors (Lipinski definition) is 2. The van der Waals surface area contributed by atoms with Gasteiger partial charge in [0.05, 0.1) is 0 Å². The zero-order valence-electron chi connectivity index (χ0n) is 12.2. The van der Waals surface area contributed by atoms with Crippen LogP contribution in [0, 0.1) is 5.92 Å². The summed E-state index contributed by atoms with van der Waals surface area (Å²) in [6, 6.07) is 13.1. The van der Waals surface area contributed by atoms with Crippen LogP contribution in [0.4, 0.5) is 0 Å². The third-order valence-corrected chi connectivity index (χ3v) is 3.72. The fourth-order valence-corrected chi connectivity index (χ4v) is 2.56. The normalized spacial score (nSPS) is 11.4. The summed E-state index contributed by atoms with van der Waals surface area (Å²) < 4.78 is 1.13. The predicted octanol–water partition coefficient (Wildman–Crippen LogP) is 3.94. The molecule has 20 heavy (non-hydrogen) atoms. The molecule has 0 saturated heterocycles. The molecule has 0 atom stereocenters. The van der Waals surface area contributed by atoms with E-state index in [1.807, 2.05) is 0 Å². The number of rotatable bonds is 7. The van der Waals surface area contributed by atoms with E-state index in [1.165, 1.54) is 16.3 Å². The molecule has 3 heteroatoms. The quantitative estimate of drug-likeness (QED) is 0.749. The minimum absolute atomic E-state index is 0.717. The summed E-state index contributed by atoms with van der Waals surface area (Å²) in [4.78, 5) is 0. The molecule has 0 bridgehead atoms. The van der Waals surface area contributed by atoms with Crippen LogP contribution in [0.2, 0.25) is 0 Å². The maximum absolute atomic E-state index is 3.51. The molecule has 2 aromatic rings. The Kier molecular flexibility index (Phi) is 6.02. The Labute approximate surface area is 130 Å². The third kappa shape index (κ3) is 4.89. The van der Waals surface area contributed by atoms with Crippen LogP contribution < -0.4 is 10.6 Å². The molecular formula is C17H23BrN2. The van der Waals surface area contributed by atoms with Crippen molar-refractivity contribution in [3.63, 3.8) is 0 Å². The lowest BCUT2D eigenvalue weighted by molar-refractivity contribution is 0.535. The van der Waals surface area contributed by atoms with Crippen LogP contribution >= 0.6 is 15.9 Å². The summed E-state index contributed by atoms with van der Waals surface area (Å²) in [6.07, 6.45) is 0. The first-order valence-electron chi connectivity index (χ1n) is 7.25.